The third-order valence-electron chi connectivity index (χ3n) is 3.04. The molecule has 0 aromatic heterocycles. The number of likely N-dealkylation sites (N-methyl/N-ethyl adjacent to an activating group) is 1. The van der Waals surface area contributed by atoms with Crippen LogP contribution in [-0.2, 0) is 9.59 Å². The van der Waals surface area contributed by atoms with Crippen LogP contribution < -0.4 is 20.9 Å². The first-order chi connectivity index (χ1) is 10.1. The number of nitrogens with one attached hydrogen (secondary N) is 3. The van der Waals surface area contributed by atoms with Crippen LogP contribution in [0.15, 0.2) is 30.3 Å². The summed E-state index contributed by atoms with van der Waals surface area (Å²) in [7, 11) is 3.59. The summed E-state index contributed by atoms with van der Waals surface area (Å²) in [6.45, 7) is 1.80. The Morgan fingerprint density at radius 1 is 1.10 bits per heavy atom. The zero-order valence-electron chi connectivity index (χ0n) is 12.7. The number of hydrogen-bond acceptors (Lipinski definition) is 4. The van der Waals surface area contributed by atoms with Gasteiger partial charge in [0.2, 0.25) is 11.8 Å². The number of anilines is 1. The highest BCUT2D eigenvalue weighted by Crippen LogP contribution is 2.10. The van der Waals surface area contributed by atoms with E-state index in [-0.39, 0.29) is 24.9 Å². The Morgan fingerprint density at radius 2 is 1.76 bits per heavy atom. The van der Waals surface area contributed by atoms with Crippen LogP contribution in [0.3, 0.4) is 0 Å². The van der Waals surface area contributed by atoms with Crippen LogP contribution in [0.5, 0.6) is 0 Å². The van der Waals surface area contributed by atoms with Crippen LogP contribution in [0.1, 0.15) is 6.42 Å². The molecule has 0 aliphatic carbocycles. The molecule has 0 spiro atoms. The van der Waals surface area contributed by atoms with Crippen LogP contribution in [-0.4, -0.2) is 52.1 Å². The maximum Gasteiger partial charge on any atom is 0.233 e. The summed E-state index contributed by atoms with van der Waals surface area (Å²) in [4.78, 5) is 24.6. The van der Waals surface area contributed by atoms with E-state index in [1.165, 1.54) is 0 Å². The molecule has 0 radical (unpaired) electrons. The number of carbonyl (C=O) groups is 2. The molecule has 1 aromatic carbocycles. The monoisotopic (exact) mass is 292 g/mol. The summed E-state index contributed by atoms with van der Waals surface area (Å²) in [5.41, 5.74) is 1.16. The lowest BCUT2D eigenvalue weighted by Crippen LogP contribution is -2.39. The molecule has 116 valence electrons. The summed E-state index contributed by atoms with van der Waals surface area (Å²) in [5.74, 6) is -0.228. The molecule has 3 N–H and O–H groups in total. The van der Waals surface area contributed by atoms with Gasteiger partial charge in [-0.2, -0.15) is 0 Å². The van der Waals surface area contributed by atoms with Crippen molar-refractivity contribution >= 4 is 17.5 Å². The van der Waals surface area contributed by atoms with Crippen molar-refractivity contribution in [1.82, 2.24) is 16.0 Å². The Morgan fingerprint density at radius 3 is 2.43 bits per heavy atom. The van der Waals surface area contributed by atoms with Gasteiger partial charge in [0.15, 0.2) is 0 Å². The summed E-state index contributed by atoms with van der Waals surface area (Å²) in [6, 6.07) is 10.1. The van der Waals surface area contributed by atoms with Gasteiger partial charge in [0.1, 0.15) is 0 Å². The van der Waals surface area contributed by atoms with Crippen LogP contribution >= 0.6 is 0 Å². The maximum atomic E-state index is 11.5. The Bertz CT molecular complexity index is 437. The molecule has 1 rings (SSSR count). The topological polar surface area (TPSA) is 73.5 Å². The van der Waals surface area contributed by atoms with E-state index in [1.807, 2.05) is 25.2 Å². The normalized spacial score (nSPS) is 10.0. The average molecular weight is 292 g/mol. The van der Waals surface area contributed by atoms with Crippen LogP contribution in [0.25, 0.3) is 0 Å². The van der Waals surface area contributed by atoms with Gasteiger partial charge in [0, 0.05) is 32.9 Å². The van der Waals surface area contributed by atoms with Crippen molar-refractivity contribution in [2.45, 2.75) is 6.42 Å². The van der Waals surface area contributed by atoms with Gasteiger partial charge in [-0.15, -0.1) is 0 Å². The molecular formula is C15H24N4O2. The average Bonchev–Trinajstić information content (AvgIpc) is 2.52. The molecule has 21 heavy (non-hydrogen) atoms. The first kappa shape index (κ1) is 17.0. The molecule has 6 heteroatoms. The van der Waals surface area contributed by atoms with Crippen molar-refractivity contribution in [3.8, 4) is 0 Å². The second kappa shape index (κ2) is 9.77. The van der Waals surface area contributed by atoms with Crippen molar-refractivity contribution in [3.63, 3.8) is 0 Å². The molecule has 0 saturated heterocycles. The van der Waals surface area contributed by atoms with Crippen molar-refractivity contribution in [2.24, 2.45) is 0 Å². The van der Waals surface area contributed by atoms with Crippen molar-refractivity contribution in [1.29, 1.82) is 0 Å². The van der Waals surface area contributed by atoms with Gasteiger partial charge in [0.25, 0.3) is 0 Å². The van der Waals surface area contributed by atoms with Crippen LogP contribution in [0.2, 0.25) is 0 Å². The third kappa shape index (κ3) is 7.31. The summed E-state index contributed by atoms with van der Waals surface area (Å²) in [6.07, 6.45) is 0.868. The molecule has 0 heterocycles. The van der Waals surface area contributed by atoms with Crippen molar-refractivity contribution in [2.75, 3.05) is 45.2 Å². The predicted octanol–water partition coefficient (Wildman–Crippen LogP) is -0.0353. The SMILES string of the molecule is CNC(=O)CNCC(=O)NCCCN(C)c1ccccc1. The third-order valence-corrected chi connectivity index (χ3v) is 3.04. The predicted molar refractivity (Wildman–Crippen MR) is 84.3 cm³/mol. The minimum Gasteiger partial charge on any atom is -0.375 e. The standard InChI is InChI=1S/C15H24N4O2/c1-16-14(20)11-17-12-15(21)18-9-6-10-19(2)13-7-4-3-5-8-13/h3-5,7-8,17H,6,9-12H2,1-2H3,(H,16,20)(H,18,21). The number of benzene rings is 1. The molecule has 0 bridgehead atoms. The summed E-state index contributed by atoms with van der Waals surface area (Å²) >= 11 is 0. The number of para-hydroxylation sites is 1. The highest BCUT2D eigenvalue weighted by Gasteiger charge is 2.03. The van der Waals surface area contributed by atoms with E-state index >= 15 is 0 Å². The van der Waals surface area contributed by atoms with Gasteiger partial charge in [-0.1, -0.05) is 18.2 Å². The highest BCUT2D eigenvalue weighted by molar-refractivity contribution is 5.80. The van der Waals surface area contributed by atoms with Gasteiger partial charge in [-0.25, -0.2) is 0 Å². The molecule has 0 aliphatic rings. The number of amides is 2. The number of carbonyl (C=O) groups excluding carboxylic acids is 2. The first-order valence-electron chi connectivity index (χ1n) is 7.07. The minimum atomic E-state index is -0.132. The zero-order chi connectivity index (χ0) is 15.5. The van der Waals surface area contributed by atoms with Gasteiger partial charge in [0.05, 0.1) is 13.1 Å². The maximum absolute atomic E-state index is 11.5. The summed E-state index contributed by atoms with van der Waals surface area (Å²) in [5, 5.41) is 8.08. The molecule has 0 aliphatic heterocycles. The van der Waals surface area contributed by atoms with E-state index in [0.717, 1.165) is 18.7 Å². The fraction of sp³-hybridized carbons (Fsp3) is 0.467. The first-order valence-corrected chi connectivity index (χ1v) is 7.07. The van der Waals surface area contributed by atoms with E-state index in [9.17, 15) is 9.59 Å². The number of rotatable bonds is 9. The van der Waals surface area contributed by atoms with Gasteiger partial charge in [-0.3, -0.25) is 14.9 Å². The molecule has 6 nitrogen and oxygen atoms in total. The van der Waals surface area contributed by atoms with Crippen molar-refractivity contribution in [3.05, 3.63) is 30.3 Å². The Balaban J connectivity index is 2.08. The highest BCUT2D eigenvalue weighted by atomic mass is 16.2. The molecule has 2 amide bonds. The van der Waals surface area contributed by atoms with E-state index < -0.39 is 0 Å². The minimum absolute atomic E-state index is 0.0960. The lowest BCUT2D eigenvalue weighted by molar-refractivity contribution is -0.121. The quantitative estimate of drug-likeness (QED) is 0.559. The van der Waals surface area contributed by atoms with Gasteiger partial charge >= 0.3 is 0 Å². The van der Waals surface area contributed by atoms with E-state index in [1.54, 1.807) is 7.05 Å². The Kier molecular flexibility index (Phi) is 7.89. The lowest BCUT2D eigenvalue weighted by Gasteiger charge is -2.19. The number of nitrogens with zero attached hydrogens (tertiary/aromatic N) is 1. The van der Waals surface area contributed by atoms with E-state index in [0.29, 0.717) is 6.54 Å². The lowest BCUT2D eigenvalue weighted by atomic mass is 10.3. The Labute approximate surface area is 125 Å². The molecule has 0 saturated carbocycles. The van der Waals surface area contributed by atoms with Crippen LogP contribution in [0.4, 0.5) is 5.69 Å². The molecule has 0 fully saturated rings. The second-order valence-corrected chi connectivity index (χ2v) is 4.74. The summed E-state index contributed by atoms with van der Waals surface area (Å²) < 4.78 is 0. The Hall–Kier alpha value is -2.08. The fourth-order valence-electron chi connectivity index (χ4n) is 1.80. The largest absolute Gasteiger partial charge is 0.375 e. The molecule has 1 aromatic rings. The van der Waals surface area contributed by atoms with Gasteiger partial charge in [-0.05, 0) is 18.6 Å². The molecule has 0 atom stereocenters. The fourth-order valence-corrected chi connectivity index (χ4v) is 1.80. The van der Waals surface area contributed by atoms with E-state index in [2.05, 4.69) is 33.0 Å². The van der Waals surface area contributed by atoms with Gasteiger partial charge < -0.3 is 15.5 Å². The van der Waals surface area contributed by atoms with E-state index in [4.69, 9.17) is 0 Å². The molecule has 0 unspecified atom stereocenters. The number of hydrogen-bond donors (Lipinski definition) is 3. The molecular weight excluding hydrogens is 268 g/mol. The second-order valence-electron chi connectivity index (χ2n) is 4.74. The zero-order valence-corrected chi connectivity index (χ0v) is 12.7. The smallest absolute Gasteiger partial charge is 0.233 e. The van der Waals surface area contributed by atoms with Crippen molar-refractivity contribution < 1.29 is 9.59 Å². The van der Waals surface area contributed by atoms with Crippen LogP contribution in [0, 0.1) is 0 Å².